The lowest BCUT2D eigenvalue weighted by molar-refractivity contribution is -0.107. The molecule has 3 rings (SSSR count). The minimum absolute atomic E-state index is 0.191. The molecule has 0 radical (unpaired) electrons. The van der Waals surface area contributed by atoms with Gasteiger partial charge in [-0.05, 0) is 30.7 Å². The van der Waals surface area contributed by atoms with E-state index in [1.54, 1.807) is 36.4 Å². The van der Waals surface area contributed by atoms with Crippen LogP contribution in [0.3, 0.4) is 0 Å². The van der Waals surface area contributed by atoms with Gasteiger partial charge in [-0.25, -0.2) is 12.4 Å². The van der Waals surface area contributed by atoms with E-state index in [1.165, 1.54) is 10.2 Å². The van der Waals surface area contributed by atoms with Crippen LogP contribution in [0.2, 0.25) is 0 Å². The van der Waals surface area contributed by atoms with Crippen molar-refractivity contribution in [2.24, 2.45) is 0 Å². The third-order valence-electron chi connectivity index (χ3n) is 3.64. The minimum atomic E-state index is -3.68. The molecule has 0 atom stereocenters. The number of nitrogens with zero attached hydrogens (tertiary/aromatic N) is 1. The second kappa shape index (κ2) is 5.42. The zero-order valence-corrected chi connectivity index (χ0v) is 12.9. The molecule has 0 aliphatic carbocycles. The van der Waals surface area contributed by atoms with Crippen LogP contribution in [-0.4, -0.2) is 18.7 Å². The Morgan fingerprint density at radius 3 is 2.41 bits per heavy atom. The van der Waals surface area contributed by atoms with Crippen LogP contribution in [0.15, 0.2) is 59.6 Å². The molecule has 0 unspecified atom stereocenters. The van der Waals surface area contributed by atoms with Gasteiger partial charge in [-0.15, -0.1) is 0 Å². The van der Waals surface area contributed by atoms with Crippen LogP contribution in [-0.2, 0) is 21.2 Å². The molecule has 0 fully saturated rings. The largest absolute Gasteiger partial charge is 0.303 e. The lowest BCUT2D eigenvalue weighted by Crippen LogP contribution is -2.11. The third-order valence-corrected chi connectivity index (χ3v) is 5.33. The SMILES string of the molecule is Cc1ccc(S(=O)(=O)n2cc(CC=O)c3ccccc32)cc1. The summed E-state index contributed by atoms with van der Waals surface area (Å²) in [5.74, 6) is 0. The van der Waals surface area contributed by atoms with Crippen molar-refractivity contribution in [1.82, 2.24) is 3.97 Å². The molecule has 22 heavy (non-hydrogen) atoms. The average Bonchev–Trinajstić information content (AvgIpc) is 2.88. The normalized spacial score (nSPS) is 11.7. The molecule has 0 amide bonds. The van der Waals surface area contributed by atoms with Gasteiger partial charge in [0.05, 0.1) is 10.4 Å². The quantitative estimate of drug-likeness (QED) is 0.696. The van der Waals surface area contributed by atoms with Crippen molar-refractivity contribution in [2.45, 2.75) is 18.2 Å². The summed E-state index contributed by atoms with van der Waals surface area (Å²) >= 11 is 0. The van der Waals surface area contributed by atoms with Gasteiger partial charge >= 0.3 is 0 Å². The second-order valence-electron chi connectivity index (χ2n) is 5.16. The van der Waals surface area contributed by atoms with Gasteiger partial charge in [-0.2, -0.15) is 0 Å². The van der Waals surface area contributed by atoms with Crippen molar-refractivity contribution in [1.29, 1.82) is 0 Å². The van der Waals surface area contributed by atoms with E-state index in [1.807, 2.05) is 19.1 Å². The van der Waals surface area contributed by atoms with Crippen LogP contribution < -0.4 is 0 Å². The molecule has 5 heteroatoms. The van der Waals surface area contributed by atoms with Crippen molar-refractivity contribution in [3.63, 3.8) is 0 Å². The van der Waals surface area contributed by atoms with E-state index >= 15 is 0 Å². The Morgan fingerprint density at radius 2 is 1.73 bits per heavy atom. The highest BCUT2D eigenvalue weighted by molar-refractivity contribution is 7.90. The highest BCUT2D eigenvalue weighted by Crippen LogP contribution is 2.26. The highest BCUT2D eigenvalue weighted by Gasteiger charge is 2.20. The van der Waals surface area contributed by atoms with Gasteiger partial charge in [0.25, 0.3) is 10.0 Å². The summed E-state index contributed by atoms with van der Waals surface area (Å²) < 4.78 is 27.0. The van der Waals surface area contributed by atoms with E-state index in [4.69, 9.17) is 0 Å². The van der Waals surface area contributed by atoms with E-state index in [0.29, 0.717) is 11.1 Å². The maximum atomic E-state index is 12.9. The van der Waals surface area contributed by atoms with E-state index in [2.05, 4.69) is 0 Å². The smallest absolute Gasteiger partial charge is 0.268 e. The summed E-state index contributed by atoms with van der Waals surface area (Å²) in [4.78, 5) is 11.1. The second-order valence-corrected chi connectivity index (χ2v) is 6.97. The Hall–Kier alpha value is -2.40. The minimum Gasteiger partial charge on any atom is -0.303 e. The monoisotopic (exact) mass is 313 g/mol. The van der Waals surface area contributed by atoms with Crippen molar-refractivity contribution < 1.29 is 13.2 Å². The van der Waals surface area contributed by atoms with E-state index < -0.39 is 10.0 Å². The van der Waals surface area contributed by atoms with E-state index in [-0.39, 0.29) is 11.3 Å². The van der Waals surface area contributed by atoms with Gasteiger partial charge in [0.1, 0.15) is 6.29 Å². The van der Waals surface area contributed by atoms with Gasteiger partial charge in [-0.1, -0.05) is 35.9 Å². The molecule has 2 aromatic carbocycles. The number of aldehydes is 1. The van der Waals surface area contributed by atoms with Crippen molar-refractivity contribution in [3.05, 3.63) is 65.9 Å². The molecule has 1 heterocycles. The third kappa shape index (κ3) is 2.33. The molecule has 0 bridgehead atoms. The topological polar surface area (TPSA) is 56.1 Å². The Kier molecular flexibility index (Phi) is 3.58. The first-order valence-corrected chi connectivity index (χ1v) is 8.33. The molecule has 3 aromatic rings. The fourth-order valence-electron chi connectivity index (χ4n) is 2.49. The number of para-hydroxylation sites is 1. The maximum Gasteiger partial charge on any atom is 0.268 e. The number of rotatable bonds is 4. The molecule has 0 spiro atoms. The van der Waals surface area contributed by atoms with Gasteiger partial charge in [0.15, 0.2) is 0 Å². The van der Waals surface area contributed by atoms with E-state index in [0.717, 1.165) is 17.2 Å². The fraction of sp³-hybridized carbons (Fsp3) is 0.118. The fourth-order valence-corrected chi connectivity index (χ4v) is 3.88. The molecule has 4 nitrogen and oxygen atoms in total. The van der Waals surface area contributed by atoms with Crippen molar-refractivity contribution in [3.8, 4) is 0 Å². The van der Waals surface area contributed by atoms with Crippen LogP contribution in [0.5, 0.6) is 0 Å². The van der Waals surface area contributed by atoms with Gasteiger partial charge < -0.3 is 4.79 Å². The van der Waals surface area contributed by atoms with Crippen molar-refractivity contribution in [2.75, 3.05) is 0 Å². The summed E-state index contributed by atoms with van der Waals surface area (Å²) in [6, 6.07) is 13.9. The molecule has 0 saturated heterocycles. The van der Waals surface area contributed by atoms with Crippen LogP contribution in [0.4, 0.5) is 0 Å². The molecule has 1 aromatic heterocycles. The maximum absolute atomic E-state index is 12.9. The number of carbonyl (C=O) groups is 1. The zero-order chi connectivity index (χ0) is 15.7. The summed E-state index contributed by atoms with van der Waals surface area (Å²) in [6.07, 6.45) is 2.51. The average molecular weight is 313 g/mol. The Labute approximate surface area is 129 Å². The van der Waals surface area contributed by atoms with E-state index in [9.17, 15) is 13.2 Å². The predicted octanol–water partition coefficient (Wildman–Crippen LogP) is 2.93. The molecule has 0 saturated carbocycles. The lowest BCUT2D eigenvalue weighted by Gasteiger charge is -2.07. The number of hydrogen-bond donors (Lipinski definition) is 0. The Bertz CT molecular complexity index is 938. The number of aryl methyl sites for hydroxylation is 1. The number of carbonyl (C=O) groups excluding carboxylic acids is 1. The molecular weight excluding hydrogens is 298 g/mol. The van der Waals surface area contributed by atoms with Gasteiger partial charge in [0, 0.05) is 18.0 Å². The lowest BCUT2D eigenvalue weighted by atomic mass is 10.1. The summed E-state index contributed by atoms with van der Waals surface area (Å²) in [6.45, 7) is 1.91. The highest BCUT2D eigenvalue weighted by atomic mass is 32.2. The summed E-state index contributed by atoms with van der Waals surface area (Å²) in [5, 5.41) is 0.783. The summed E-state index contributed by atoms with van der Waals surface area (Å²) in [5.41, 5.74) is 2.29. The van der Waals surface area contributed by atoms with Gasteiger partial charge in [0.2, 0.25) is 0 Å². The van der Waals surface area contributed by atoms with Crippen molar-refractivity contribution >= 4 is 27.2 Å². The molecule has 0 aliphatic rings. The Morgan fingerprint density at radius 1 is 1.05 bits per heavy atom. The molecule has 0 aliphatic heterocycles. The molecular formula is C17H15NO3S. The molecule has 112 valence electrons. The summed E-state index contributed by atoms with van der Waals surface area (Å²) in [7, 11) is -3.68. The zero-order valence-electron chi connectivity index (χ0n) is 12.1. The van der Waals surface area contributed by atoms with Crippen LogP contribution in [0.25, 0.3) is 10.9 Å². The van der Waals surface area contributed by atoms with Crippen LogP contribution >= 0.6 is 0 Å². The van der Waals surface area contributed by atoms with Crippen LogP contribution in [0.1, 0.15) is 11.1 Å². The first kappa shape index (κ1) is 14.5. The van der Waals surface area contributed by atoms with Crippen LogP contribution in [0, 0.1) is 6.92 Å². The van der Waals surface area contributed by atoms with Gasteiger partial charge in [-0.3, -0.25) is 0 Å². The standard InChI is InChI=1S/C17H15NO3S/c1-13-6-8-15(9-7-13)22(20,21)18-12-14(10-11-19)16-4-2-3-5-17(16)18/h2-9,11-12H,10H2,1H3. The number of fused-ring (bicyclic) bond motifs is 1. The predicted molar refractivity (Wildman–Crippen MR) is 85.5 cm³/mol. The molecule has 0 N–H and O–H groups in total. The number of hydrogen-bond acceptors (Lipinski definition) is 3. The number of benzene rings is 2. The number of aromatic nitrogens is 1. The first-order valence-electron chi connectivity index (χ1n) is 6.89. The Balaban J connectivity index is 2.25. The first-order chi connectivity index (χ1) is 10.5.